The van der Waals surface area contributed by atoms with Crippen molar-refractivity contribution in [1.82, 2.24) is 0 Å². The first kappa shape index (κ1) is 23.7. The molecule has 0 unspecified atom stereocenters. The monoisotopic (exact) mass is 496 g/mol. The van der Waals surface area contributed by atoms with E-state index in [9.17, 15) is 25.5 Å². The molecule has 1 fully saturated rings. The third kappa shape index (κ3) is 3.44. The first-order chi connectivity index (χ1) is 14.4. The van der Waals surface area contributed by atoms with Gasteiger partial charge in [0, 0.05) is 5.41 Å². The number of aliphatic hydroxyl groups excluding tert-OH is 4. The molecule has 0 radical (unpaired) electrons. The lowest BCUT2D eigenvalue weighted by Gasteiger charge is -2.50. The van der Waals surface area contributed by atoms with Gasteiger partial charge in [0.25, 0.3) is 0 Å². The molecule has 0 bridgehead atoms. The van der Waals surface area contributed by atoms with Gasteiger partial charge in [-0.1, -0.05) is 42.8 Å². The molecular weight excluding hydrogens is 460 g/mol. The maximum atomic E-state index is 11.3. The van der Waals surface area contributed by atoms with Gasteiger partial charge in [0.1, 0.15) is 11.7 Å². The van der Waals surface area contributed by atoms with Crippen molar-refractivity contribution in [2.45, 2.75) is 83.7 Å². The van der Waals surface area contributed by atoms with Crippen molar-refractivity contribution in [3.05, 3.63) is 33.4 Å². The summed E-state index contributed by atoms with van der Waals surface area (Å²) in [7, 11) is 0. The molecule has 1 saturated carbocycles. The molecule has 0 amide bonds. The van der Waals surface area contributed by atoms with Gasteiger partial charge in [-0.05, 0) is 89.5 Å². The Kier molecular flexibility index (Phi) is 5.93. The number of aliphatic hydroxyl groups is 5. The molecule has 31 heavy (non-hydrogen) atoms. The van der Waals surface area contributed by atoms with Gasteiger partial charge in [-0.2, -0.15) is 0 Å². The molecule has 0 heterocycles. The van der Waals surface area contributed by atoms with Crippen molar-refractivity contribution in [3.63, 3.8) is 0 Å². The zero-order valence-electron chi connectivity index (χ0n) is 19.0. The molecule has 5 nitrogen and oxygen atoms in total. The van der Waals surface area contributed by atoms with Crippen LogP contribution in [0.25, 0.3) is 0 Å². The summed E-state index contributed by atoms with van der Waals surface area (Å²) in [6, 6.07) is 0. The summed E-state index contributed by atoms with van der Waals surface area (Å²) in [5.41, 5.74) is 3.12. The second kappa shape index (κ2) is 7.78. The second-order valence-electron chi connectivity index (χ2n) is 11.3. The zero-order chi connectivity index (χ0) is 22.9. The van der Waals surface area contributed by atoms with Crippen LogP contribution in [-0.4, -0.2) is 56.1 Å². The van der Waals surface area contributed by atoms with Gasteiger partial charge in [0.2, 0.25) is 0 Å². The fraction of sp³-hybridized carbons (Fsp3) is 0.760. The van der Waals surface area contributed by atoms with Crippen molar-refractivity contribution in [2.24, 2.45) is 28.6 Å². The normalized spacial score (nSPS) is 44.6. The minimum Gasteiger partial charge on any atom is -0.393 e. The average molecular weight is 497 g/mol. The van der Waals surface area contributed by atoms with Crippen LogP contribution >= 0.6 is 15.9 Å². The van der Waals surface area contributed by atoms with Gasteiger partial charge in [0.05, 0.1) is 18.8 Å². The lowest BCUT2D eigenvalue weighted by Crippen LogP contribution is -2.53. The largest absolute Gasteiger partial charge is 0.393 e. The molecule has 0 aliphatic heterocycles. The van der Waals surface area contributed by atoms with Crippen molar-refractivity contribution in [3.8, 4) is 0 Å². The van der Waals surface area contributed by atoms with Gasteiger partial charge in [-0.3, -0.25) is 0 Å². The first-order valence-electron chi connectivity index (χ1n) is 11.5. The Morgan fingerprint density at radius 3 is 2.61 bits per heavy atom. The minimum absolute atomic E-state index is 0.131. The topological polar surface area (TPSA) is 101 Å². The highest BCUT2D eigenvalue weighted by molar-refractivity contribution is 9.11. The molecule has 4 aliphatic rings. The van der Waals surface area contributed by atoms with Crippen molar-refractivity contribution >= 4 is 15.9 Å². The third-order valence-corrected chi connectivity index (χ3v) is 9.52. The third-order valence-electron chi connectivity index (χ3n) is 8.97. The summed E-state index contributed by atoms with van der Waals surface area (Å²) >= 11 is 3.56. The number of allylic oxidation sites excluding steroid dienone is 5. The predicted molar refractivity (Wildman–Crippen MR) is 123 cm³/mol. The molecule has 0 spiro atoms. The Hall–Kier alpha value is -0.500. The van der Waals surface area contributed by atoms with Gasteiger partial charge in [-0.15, -0.1) is 0 Å². The fourth-order valence-corrected chi connectivity index (χ4v) is 7.99. The maximum Gasteiger partial charge on any atom is 0.113 e. The van der Waals surface area contributed by atoms with E-state index in [1.165, 1.54) is 29.2 Å². The highest BCUT2D eigenvalue weighted by Gasteiger charge is 2.63. The Balaban J connectivity index is 1.75. The highest BCUT2D eigenvalue weighted by Crippen LogP contribution is 2.68. The van der Waals surface area contributed by atoms with Gasteiger partial charge < -0.3 is 25.5 Å². The Labute approximate surface area is 193 Å². The highest BCUT2D eigenvalue weighted by atomic mass is 79.9. The molecule has 0 aromatic rings. The Morgan fingerprint density at radius 1 is 1.32 bits per heavy atom. The van der Waals surface area contributed by atoms with Gasteiger partial charge in [0.15, 0.2) is 0 Å². The summed E-state index contributed by atoms with van der Waals surface area (Å²) in [4.78, 5) is 2.06. The van der Waals surface area contributed by atoms with Gasteiger partial charge >= 0.3 is 0 Å². The van der Waals surface area contributed by atoms with Crippen LogP contribution in [0.3, 0.4) is 0 Å². The van der Waals surface area contributed by atoms with E-state index >= 15 is 0 Å². The number of fused-ring (bicyclic) bond motifs is 2. The molecule has 4 aliphatic carbocycles. The van der Waals surface area contributed by atoms with Crippen LogP contribution in [0.15, 0.2) is 33.4 Å². The number of rotatable bonds is 5. The number of halogens is 1. The summed E-state index contributed by atoms with van der Waals surface area (Å²) < 4.78 is 0. The summed E-state index contributed by atoms with van der Waals surface area (Å²) in [5, 5.41) is 52.4. The van der Waals surface area contributed by atoms with Crippen LogP contribution < -0.4 is 0 Å². The van der Waals surface area contributed by atoms with Crippen LogP contribution in [0, 0.1) is 28.6 Å². The van der Waals surface area contributed by atoms with Crippen molar-refractivity contribution in [1.29, 1.82) is 0 Å². The van der Waals surface area contributed by atoms with Crippen LogP contribution in [0.5, 0.6) is 0 Å². The fourth-order valence-electron chi connectivity index (χ4n) is 7.48. The molecule has 5 N–H and O–H groups in total. The van der Waals surface area contributed by atoms with E-state index < -0.39 is 35.9 Å². The van der Waals surface area contributed by atoms with E-state index in [-0.39, 0.29) is 17.8 Å². The van der Waals surface area contributed by atoms with E-state index in [4.69, 9.17) is 0 Å². The van der Waals surface area contributed by atoms with Gasteiger partial charge in [-0.25, -0.2) is 0 Å². The maximum absolute atomic E-state index is 11.3. The summed E-state index contributed by atoms with van der Waals surface area (Å²) in [6.45, 7) is 7.24. The Bertz CT molecular complexity index is 845. The second-order valence-corrected chi connectivity index (χ2v) is 11.8. The first-order valence-corrected chi connectivity index (χ1v) is 12.4. The molecule has 9 atom stereocenters. The molecule has 0 saturated heterocycles. The predicted octanol–water partition coefficient (Wildman–Crippen LogP) is 3.20. The Morgan fingerprint density at radius 2 is 2.00 bits per heavy atom. The van der Waals surface area contributed by atoms with E-state index in [2.05, 4.69) is 40.8 Å². The minimum atomic E-state index is -1.79. The standard InChI is InChI=1S/C25H37BrO5/c1-13-7-16-14(11-26)5-6-15-20(16)17(13)8-23(2)10-19(29)24(3,21(15)23)9-18(28)22(30)25(4,31)12-27/h8,11,13,15,18-19,21-22,27-31H,5-7,9-10,12H2,1-4H3/b14-11+/t13-,15+,18-,19-,21-,22-,23-,24-,25-/m0/s1. The SMILES string of the molecule is C[C@H]1CC2=C3C1=C[C@@]1(C)C[C@H](O)[C@](C)(C[C@H](O)[C@H](O)[C@@](C)(O)CO)[C@H]1[C@@H]3CC/C2=C\Br. The summed E-state index contributed by atoms with van der Waals surface area (Å²) in [5.74, 6) is 0.916. The smallest absolute Gasteiger partial charge is 0.113 e. The lowest BCUT2D eigenvalue weighted by atomic mass is 9.54. The summed E-state index contributed by atoms with van der Waals surface area (Å²) in [6.07, 6.45) is 2.91. The van der Waals surface area contributed by atoms with E-state index in [0.717, 1.165) is 19.3 Å². The average Bonchev–Trinajstić information content (AvgIpc) is 3.13. The molecule has 4 rings (SSSR count). The lowest BCUT2D eigenvalue weighted by molar-refractivity contribution is -0.151. The van der Waals surface area contributed by atoms with Crippen LogP contribution in [0.1, 0.15) is 59.8 Å². The molecule has 0 aromatic carbocycles. The quantitative estimate of drug-likeness (QED) is 0.402. The van der Waals surface area contributed by atoms with Crippen LogP contribution in [-0.2, 0) is 0 Å². The molecule has 174 valence electrons. The molecule has 0 aromatic heterocycles. The van der Waals surface area contributed by atoms with Crippen molar-refractivity contribution in [2.75, 3.05) is 6.61 Å². The van der Waals surface area contributed by atoms with Crippen molar-refractivity contribution < 1.29 is 25.5 Å². The number of hydrogen-bond acceptors (Lipinski definition) is 5. The van der Waals surface area contributed by atoms with E-state index in [0.29, 0.717) is 18.3 Å². The van der Waals surface area contributed by atoms with E-state index in [1.807, 2.05) is 6.92 Å². The molecule has 6 heteroatoms. The molecular formula is C25H37BrO5. The zero-order valence-corrected chi connectivity index (χ0v) is 20.6. The van der Waals surface area contributed by atoms with Crippen LogP contribution in [0.2, 0.25) is 0 Å². The van der Waals surface area contributed by atoms with Crippen LogP contribution in [0.4, 0.5) is 0 Å². The van der Waals surface area contributed by atoms with E-state index in [1.54, 1.807) is 0 Å². The number of hydrogen-bond donors (Lipinski definition) is 5.